The number of benzene rings is 2. The summed E-state index contributed by atoms with van der Waals surface area (Å²) < 4.78 is 20.6. The van der Waals surface area contributed by atoms with Gasteiger partial charge in [-0.05, 0) is 30.7 Å². The third-order valence-corrected chi connectivity index (χ3v) is 3.45. The van der Waals surface area contributed by atoms with Crippen LogP contribution in [0.3, 0.4) is 0 Å². The largest absolute Gasteiger partial charge is 0.493 e. The van der Waals surface area contributed by atoms with E-state index in [4.69, 9.17) is 14.2 Å². The lowest BCUT2D eigenvalue weighted by Gasteiger charge is -2.14. The van der Waals surface area contributed by atoms with Gasteiger partial charge < -0.3 is 18.9 Å². The van der Waals surface area contributed by atoms with Crippen molar-refractivity contribution in [3.05, 3.63) is 59.7 Å². The Bertz CT molecular complexity index is 726. The summed E-state index contributed by atoms with van der Waals surface area (Å²) in [5, 5.41) is 0. The van der Waals surface area contributed by atoms with E-state index in [0.29, 0.717) is 18.1 Å². The van der Waals surface area contributed by atoms with E-state index in [1.165, 1.54) is 27.2 Å². The van der Waals surface area contributed by atoms with Gasteiger partial charge in [-0.25, -0.2) is 9.59 Å². The average molecular weight is 344 g/mol. The van der Waals surface area contributed by atoms with Crippen molar-refractivity contribution in [2.45, 2.75) is 19.6 Å². The van der Waals surface area contributed by atoms with Crippen LogP contribution >= 0.6 is 0 Å². The van der Waals surface area contributed by atoms with Gasteiger partial charge in [-0.1, -0.05) is 30.3 Å². The fourth-order valence-electron chi connectivity index (χ4n) is 2.09. The molecule has 0 spiro atoms. The van der Waals surface area contributed by atoms with Gasteiger partial charge in [-0.2, -0.15) is 0 Å². The molecule has 0 aliphatic heterocycles. The van der Waals surface area contributed by atoms with Crippen LogP contribution < -0.4 is 9.47 Å². The smallest absolute Gasteiger partial charge is 0.346 e. The second-order valence-electron chi connectivity index (χ2n) is 5.21. The topological polar surface area (TPSA) is 71.1 Å². The Labute approximate surface area is 146 Å². The number of hydrogen-bond donors (Lipinski definition) is 0. The maximum Gasteiger partial charge on any atom is 0.346 e. The Balaban J connectivity index is 2.07. The molecule has 6 heteroatoms. The maximum atomic E-state index is 12.1. The van der Waals surface area contributed by atoms with Crippen LogP contribution in [-0.2, 0) is 20.9 Å². The highest BCUT2D eigenvalue weighted by Gasteiger charge is 2.20. The van der Waals surface area contributed by atoms with Crippen LogP contribution in [0.2, 0.25) is 0 Å². The lowest BCUT2D eigenvalue weighted by molar-refractivity contribution is -0.149. The zero-order valence-electron chi connectivity index (χ0n) is 14.4. The zero-order chi connectivity index (χ0) is 18.2. The molecule has 0 bridgehead atoms. The minimum atomic E-state index is -0.988. The van der Waals surface area contributed by atoms with Crippen LogP contribution in [0.5, 0.6) is 11.5 Å². The van der Waals surface area contributed by atoms with E-state index in [1.54, 1.807) is 12.1 Å². The van der Waals surface area contributed by atoms with Crippen molar-refractivity contribution in [2.75, 3.05) is 14.2 Å². The SMILES string of the molecule is COC(=O)[C@@H](C)OC(=O)c1ccc(OCc2ccccc2)c(OC)c1. The molecule has 0 amide bonds. The summed E-state index contributed by atoms with van der Waals surface area (Å²) in [7, 11) is 2.71. The van der Waals surface area contributed by atoms with Crippen molar-refractivity contribution in [3.8, 4) is 11.5 Å². The quantitative estimate of drug-likeness (QED) is 0.719. The molecule has 0 aromatic heterocycles. The summed E-state index contributed by atoms with van der Waals surface area (Å²) in [6.45, 7) is 1.82. The third-order valence-electron chi connectivity index (χ3n) is 3.45. The molecule has 132 valence electrons. The van der Waals surface area contributed by atoms with Gasteiger partial charge in [0.05, 0.1) is 19.8 Å². The summed E-state index contributed by atoms with van der Waals surface area (Å²) >= 11 is 0. The van der Waals surface area contributed by atoms with E-state index < -0.39 is 18.0 Å². The minimum absolute atomic E-state index is 0.250. The molecule has 2 aromatic rings. The first-order valence-electron chi connectivity index (χ1n) is 7.68. The van der Waals surface area contributed by atoms with Gasteiger partial charge in [0.1, 0.15) is 6.61 Å². The van der Waals surface area contributed by atoms with Crippen LogP contribution in [0.15, 0.2) is 48.5 Å². The summed E-state index contributed by atoms with van der Waals surface area (Å²) in [6, 6.07) is 14.4. The van der Waals surface area contributed by atoms with Crippen LogP contribution in [-0.4, -0.2) is 32.3 Å². The van der Waals surface area contributed by atoms with Gasteiger partial charge in [-0.15, -0.1) is 0 Å². The molecule has 2 rings (SSSR count). The number of ether oxygens (including phenoxy) is 4. The van der Waals surface area contributed by atoms with E-state index >= 15 is 0 Å². The van der Waals surface area contributed by atoms with Gasteiger partial charge in [0.25, 0.3) is 0 Å². The number of esters is 2. The fraction of sp³-hybridized carbons (Fsp3) is 0.263. The molecule has 0 saturated heterocycles. The fourth-order valence-corrected chi connectivity index (χ4v) is 2.09. The highest BCUT2D eigenvalue weighted by Crippen LogP contribution is 2.29. The van der Waals surface area contributed by atoms with Crippen molar-refractivity contribution in [1.29, 1.82) is 0 Å². The molecule has 1 atom stereocenters. The Morgan fingerprint density at radius 2 is 1.72 bits per heavy atom. The molecule has 0 aliphatic rings. The van der Waals surface area contributed by atoms with Crippen LogP contribution in [0.1, 0.15) is 22.8 Å². The van der Waals surface area contributed by atoms with Crippen LogP contribution in [0.4, 0.5) is 0 Å². The van der Waals surface area contributed by atoms with Crippen molar-refractivity contribution in [1.82, 2.24) is 0 Å². The first-order valence-corrected chi connectivity index (χ1v) is 7.68. The highest BCUT2D eigenvalue weighted by atomic mass is 16.6. The molecular formula is C19H20O6. The van der Waals surface area contributed by atoms with Gasteiger partial charge in [-0.3, -0.25) is 0 Å². The van der Waals surface area contributed by atoms with E-state index in [-0.39, 0.29) is 5.56 Å². The second-order valence-corrected chi connectivity index (χ2v) is 5.21. The molecule has 25 heavy (non-hydrogen) atoms. The molecule has 0 radical (unpaired) electrons. The molecule has 6 nitrogen and oxygen atoms in total. The molecule has 2 aromatic carbocycles. The van der Waals surface area contributed by atoms with Crippen molar-refractivity contribution in [2.24, 2.45) is 0 Å². The summed E-state index contributed by atoms with van der Waals surface area (Å²) in [4.78, 5) is 23.4. The first kappa shape index (κ1) is 18.3. The third kappa shape index (κ3) is 4.97. The summed E-state index contributed by atoms with van der Waals surface area (Å²) in [5.74, 6) is -0.367. The number of rotatable bonds is 7. The van der Waals surface area contributed by atoms with E-state index in [2.05, 4.69) is 4.74 Å². The molecule has 0 fully saturated rings. The molecule has 0 unspecified atom stereocenters. The lowest BCUT2D eigenvalue weighted by Crippen LogP contribution is -2.25. The molecule has 0 N–H and O–H groups in total. The van der Waals surface area contributed by atoms with Crippen LogP contribution in [0, 0.1) is 0 Å². The van der Waals surface area contributed by atoms with Gasteiger partial charge in [0.2, 0.25) is 0 Å². The number of carbonyl (C=O) groups excluding carboxylic acids is 2. The van der Waals surface area contributed by atoms with Crippen molar-refractivity contribution in [3.63, 3.8) is 0 Å². The predicted octanol–water partition coefficient (Wildman–Crippen LogP) is 2.99. The van der Waals surface area contributed by atoms with E-state index in [9.17, 15) is 9.59 Å². The Hall–Kier alpha value is -3.02. The Morgan fingerprint density at radius 1 is 1.00 bits per heavy atom. The first-order chi connectivity index (χ1) is 12.0. The highest BCUT2D eigenvalue weighted by molar-refractivity contribution is 5.92. The normalized spacial score (nSPS) is 11.3. The second kappa shape index (κ2) is 8.73. The lowest BCUT2D eigenvalue weighted by atomic mass is 10.2. The summed E-state index contributed by atoms with van der Waals surface area (Å²) in [6.07, 6.45) is -0.988. The number of hydrogen-bond acceptors (Lipinski definition) is 6. The monoisotopic (exact) mass is 344 g/mol. The molecular weight excluding hydrogens is 324 g/mol. The van der Waals surface area contributed by atoms with Gasteiger partial charge in [0.15, 0.2) is 17.6 Å². The Kier molecular flexibility index (Phi) is 6.39. The van der Waals surface area contributed by atoms with Crippen molar-refractivity contribution < 1.29 is 28.5 Å². The average Bonchev–Trinajstić information content (AvgIpc) is 2.66. The predicted molar refractivity (Wildman–Crippen MR) is 90.7 cm³/mol. The number of methoxy groups -OCH3 is 2. The number of carbonyl (C=O) groups is 2. The molecule has 0 aliphatic carbocycles. The molecule has 0 heterocycles. The minimum Gasteiger partial charge on any atom is -0.493 e. The summed E-state index contributed by atoms with van der Waals surface area (Å²) in [5.41, 5.74) is 1.26. The van der Waals surface area contributed by atoms with Crippen molar-refractivity contribution >= 4 is 11.9 Å². The standard InChI is InChI=1S/C19H20O6/c1-13(18(20)23-3)25-19(21)15-9-10-16(17(11-15)22-2)24-12-14-7-5-4-6-8-14/h4-11,13H,12H2,1-3H3/t13-/m1/s1. The Morgan fingerprint density at radius 3 is 2.36 bits per heavy atom. The maximum absolute atomic E-state index is 12.1. The van der Waals surface area contributed by atoms with Crippen LogP contribution in [0.25, 0.3) is 0 Å². The van der Waals surface area contributed by atoms with E-state index in [1.807, 2.05) is 30.3 Å². The van der Waals surface area contributed by atoms with Gasteiger partial charge in [0, 0.05) is 0 Å². The zero-order valence-corrected chi connectivity index (χ0v) is 14.4. The molecule has 0 saturated carbocycles. The van der Waals surface area contributed by atoms with Gasteiger partial charge >= 0.3 is 11.9 Å². The van der Waals surface area contributed by atoms with E-state index in [0.717, 1.165) is 5.56 Å².